The van der Waals surface area contributed by atoms with Crippen molar-refractivity contribution in [2.24, 2.45) is 5.92 Å². The minimum absolute atomic E-state index is 0.0285. The third-order valence-corrected chi connectivity index (χ3v) is 6.58. The zero-order chi connectivity index (χ0) is 24.4. The maximum Gasteiger partial charge on any atom is 0.263 e. The number of aryl methyl sites for hydroxylation is 1. The van der Waals surface area contributed by atoms with Crippen LogP contribution in [0.2, 0.25) is 0 Å². The van der Waals surface area contributed by atoms with Crippen LogP contribution in [-0.2, 0) is 11.3 Å². The summed E-state index contributed by atoms with van der Waals surface area (Å²) in [6.07, 6.45) is 2.11. The van der Waals surface area contributed by atoms with Crippen LogP contribution in [0, 0.1) is 12.8 Å². The minimum atomic E-state index is -0.661. The molecule has 0 radical (unpaired) electrons. The van der Waals surface area contributed by atoms with Crippen LogP contribution in [0.3, 0.4) is 0 Å². The second-order valence-corrected chi connectivity index (χ2v) is 9.12. The van der Waals surface area contributed by atoms with E-state index in [4.69, 9.17) is 9.47 Å². The van der Waals surface area contributed by atoms with Crippen molar-refractivity contribution < 1.29 is 19.4 Å². The molecular formula is C25H30N6O4. The van der Waals surface area contributed by atoms with E-state index in [0.29, 0.717) is 42.0 Å². The van der Waals surface area contributed by atoms with E-state index in [-0.39, 0.29) is 12.5 Å². The fourth-order valence-corrected chi connectivity index (χ4v) is 4.71. The molecule has 0 spiro atoms. The fourth-order valence-electron chi connectivity index (χ4n) is 4.71. The van der Waals surface area contributed by atoms with E-state index in [1.165, 1.54) is 0 Å². The lowest BCUT2D eigenvalue weighted by molar-refractivity contribution is -0.118. The number of rotatable bonds is 8. The molecule has 10 nitrogen and oxygen atoms in total. The largest absolute Gasteiger partial charge is 0.481 e. The van der Waals surface area contributed by atoms with Gasteiger partial charge in [0, 0.05) is 37.5 Å². The number of methoxy groups -OCH3 is 1. The number of aliphatic hydroxyl groups is 1. The summed E-state index contributed by atoms with van der Waals surface area (Å²) in [4.78, 5) is 27.3. The van der Waals surface area contributed by atoms with Gasteiger partial charge in [-0.2, -0.15) is 0 Å². The summed E-state index contributed by atoms with van der Waals surface area (Å²) in [5, 5.41) is 17.3. The molecule has 0 aliphatic carbocycles. The number of amides is 1. The predicted octanol–water partition coefficient (Wildman–Crippen LogP) is 1.82. The number of pyridine rings is 3. The lowest BCUT2D eigenvalue weighted by Gasteiger charge is -2.21. The maximum absolute atomic E-state index is 11.6. The van der Waals surface area contributed by atoms with Crippen molar-refractivity contribution in [1.82, 2.24) is 25.2 Å². The summed E-state index contributed by atoms with van der Waals surface area (Å²) >= 11 is 0. The number of β-amino-alcohol motifs (C(OH)–C–C–N with tert-alkyl or cyclic N) is 1. The summed E-state index contributed by atoms with van der Waals surface area (Å²) in [6, 6.07) is 7.38. The maximum atomic E-state index is 11.6. The lowest BCUT2D eigenvalue weighted by atomic mass is 10.1. The Balaban J connectivity index is 1.15. The number of carbonyl (C=O) groups excluding carboxylic acids is 1. The molecule has 0 saturated carbocycles. The van der Waals surface area contributed by atoms with Gasteiger partial charge in [0.1, 0.15) is 0 Å². The summed E-state index contributed by atoms with van der Waals surface area (Å²) in [5.74, 6) is 1.91. The quantitative estimate of drug-likeness (QED) is 0.445. The van der Waals surface area contributed by atoms with Crippen LogP contribution in [0.5, 0.6) is 11.6 Å². The molecule has 3 aromatic rings. The number of nitrogens with one attached hydrogen (secondary N) is 2. The van der Waals surface area contributed by atoms with Crippen LogP contribution in [0.4, 0.5) is 5.82 Å². The third kappa shape index (κ3) is 5.19. The highest BCUT2D eigenvalue weighted by molar-refractivity contribution is 5.94. The molecule has 1 saturated heterocycles. The predicted molar refractivity (Wildman–Crippen MR) is 130 cm³/mol. The van der Waals surface area contributed by atoms with Gasteiger partial charge < -0.3 is 30.1 Å². The normalized spacial score (nSPS) is 18.7. The lowest BCUT2D eigenvalue weighted by Crippen LogP contribution is -2.30. The standard InChI is InChI=1S/C25H30N6O4/c1-15-9-21-25(29-22(33)14-35-21)28-19(15)11-26-10-16-6-8-31(12-16)13-20(32)17-5-7-27-18-3-4-23(34-2)30-24(17)18/h3-5,7,9,16,20,26,32H,6,8,10-14H2,1-2H3,(H,28,29,33)/t16-,20-/m1/s1. The zero-order valence-electron chi connectivity index (χ0n) is 20.0. The molecule has 3 aromatic heterocycles. The van der Waals surface area contributed by atoms with Crippen LogP contribution in [-0.4, -0.2) is 70.8 Å². The number of nitrogens with zero attached hydrogens (tertiary/aromatic N) is 4. The molecule has 2 atom stereocenters. The molecule has 0 aromatic carbocycles. The number of anilines is 1. The molecule has 2 aliphatic heterocycles. The number of carbonyl (C=O) groups is 1. The molecular weight excluding hydrogens is 448 g/mol. The van der Waals surface area contributed by atoms with Crippen molar-refractivity contribution in [3.8, 4) is 11.6 Å². The Morgan fingerprint density at radius 3 is 3.09 bits per heavy atom. The number of fused-ring (bicyclic) bond motifs is 2. The van der Waals surface area contributed by atoms with Crippen LogP contribution < -0.4 is 20.1 Å². The van der Waals surface area contributed by atoms with Gasteiger partial charge in [-0.25, -0.2) is 9.97 Å². The van der Waals surface area contributed by atoms with Gasteiger partial charge in [0.2, 0.25) is 5.88 Å². The molecule has 10 heteroatoms. The first-order valence-electron chi connectivity index (χ1n) is 11.8. The second kappa shape index (κ2) is 10.1. The van der Waals surface area contributed by atoms with Gasteiger partial charge in [-0.15, -0.1) is 0 Å². The van der Waals surface area contributed by atoms with Gasteiger partial charge in [0.05, 0.1) is 29.9 Å². The number of likely N-dealkylation sites (tertiary alicyclic amines) is 1. The molecule has 35 heavy (non-hydrogen) atoms. The van der Waals surface area contributed by atoms with E-state index in [2.05, 4.69) is 30.5 Å². The number of ether oxygens (including phenoxy) is 2. The molecule has 1 amide bonds. The van der Waals surface area contributed by atoms with Gasteiger partial charge in [0.25, 0.3) is 5.91 Å². The van der Waals surface area contributed by atoms with Crippen LogP contribution >= 0.6 is 0 Å². The van der Waals surface area contributed by atoms with Crippen molar-refractivity contribution in [1.29, 1.82) is 0 Å². The number of hydrogen-bond donors (Lipinski definition) is 3. The van der Waals surface area contributed by atoms with Gasteiger partial charge in [-0.1, -0.05) is 0 Å². The Kier molecular flexibility index (Phi) is 6.76. The number of aliphatic hydroxyl groups excluding tert-OH is 1. The van der Waals surface area contributed by atoms with E-state index in [1.807, 2.05) is 25.1 Å². The summed E-state index contributed by atoms with van der Waals surface area (Å²) in [6.45, 7) is 5.87. The Bertz CT molecular complexity index is 1240. The molecule has 1 fully saturated rings. The van der Waals surface area contributed by atoms with E-state index in [0.717, 1.165) is 48.4 Å². The van der Waals surface area contributed by atoms with Crippen molar-refractivity contribution >= 4 is 22.8 Å². The monoisotopic (exact) mass is 478 g/mol. The average Bonchev–Trinajstić information content (AvgIpc) is 3.30. The third-order valence-electron chi connectivity index (χ3n) is 6.58. The highest BCUT2D eigenvalue weighted by atomic mass is 16.5. The highest BCUT2D eigenvalue weighted by Gasteiger charge is 2.26. The van der Waals surface area contributed by atoms with Crippen LogP contribution in [0.25, 0.3) is 11.0 Å². The van der Waals surface area contributed by atoms with Crippen LogP contribution in [0.15, 0.2) is 30.5 Å². The first-order valence-corrected chi connectivity index (χ1v) is 11.8. The van der Waals surface area contributed by atoms with E-state index in [1.54, 1.807) is 19.4 Å². The zero-order valence-corrected chi connectivity index (χ0v) is 20.0. The summed E-state index contributed by atoms with van der Waals surface area (Å²) in [5.41, 5.74) is 4.10. The molecule has 184 valence electrons. The van der Waals surface area contributed by atoms with Crippen LogP contribution in [0.1, 0.15) is 29.3 Å². The Hall–Kier alpha value is -3.34. The van der Waals surface area contributed by atoms with Crippen molar-refractivity contribution in [2.45, 2.75) is 26.0 Å². The Morgan fingerprint density at radius 1 is 1.34 bits per heavy atom. The van der Waals surface area contributed by atoms with E-state index in [9.17, 15) is 9.90 Å². The average molecular weight is 479 g/mol. The van der Waals surface area contributed by atoms with Gasteiger partial charge in [-0.3, -0.25) is 9.78 Å². The first kappa shape index (κ1) is 23.4. The molecule has 5 rings (SSSR count). The SMILES string of the molecule is COc1ccc2nccc([C@H](O)CN3CC[C@H](CNCc4nc5c(cc4C)OCC(=O)N5)C3)c2n1. The number of hydrogen-bond acceptors (Lipinski definition) is 9. The molecule has 2 aliphatic rings. The van der Waals surface area contributed by atoms with E-state index < -0.39 is 6.10 Å². The Labute approximate surface area is 203 Å². The van der Waals surface area contributed by atoms with Crippen molar-refractivity contribution in [3.63, 3.8) is 0 Å². The minimum Gasteiger partial charge on any atom is -0.481 e. The van der Waals surface area contributed by atoms with Crippen molar-refractivity contribution in [2.75, 3.05) is 45.2 Å². The molecule has 5 heterocycles. The molecule has 0 bridgehead atoms. The molecule has 0 unspecified atom stereocenters. The fraction of sp³-hybridized carbons (Fsp3) is 0.440. The number of aromatic nitrogens is 3. The highest BCUT2D eigenvalue weighted by Crippen LogP contribution is 2.28. The van der Waals surface area contributed by atoms with Gasteiger partial charge >= 0.3 is 0 Å². The smallest absolute Gasteiger partial charge is 0.263 e. The summed E-state index contributed by atoms with van der Waals surface area (Å²) in [7, 11) is 1.58. The van der Waals surface area contributed by atoms with E-state index >= 15 is 0 Å². The van der Waals surface area contributed by atoms with Gasteiger partial charge in [0.15, 0.2) is 18.2 Å². The van der Waals surface area contributed by atoms with Crippen molar-refractivity contribution in [3.05, 3.63) is 47.3 Å². The summed E-state index contributed by atoms with van der Waals surface area (Å²) < 4.78 is 10.7. The second-order valence-electron chi connectivity index (χ2n) is 9.12. The Morgan fingerprint density at radius 2 is 2.23 bits per heavy atom. The molecule has 3 N–H and O–H groups in total. The van der Waals surface area contributed by atoms with Gasteiger partial charge in [-0.05, 0) is 56.1 Å². The first-order chi connectivity index (χ1) is 17.0. The topological polar surface area (TPSA) is 122 Å².